The predicted octanol–water partition coefficient (Wildman–Crippen LogP) is 2.46. The van der Waals surface area contributed by atoms with E-state index >= 15 is 0 Å². The lowest BCUT2D eigenvalue weighted by atomic mass is 9.99. The van der Waals surface area contributed by atoms with E-state index in [4.69, 9.17) is 11.2 Å². The molecular weight excluding hydrogens is 494 g/mol. The normalized spacial score (nSPS) is 19.1. The van der Waals surface area contributed by atoms with E-state index in [1.54, 1.807) is 21.9 Å². The van der Waals surface area contributed by atoms with Gasteiger partial charge in [0.1, 0.15) is 18.0 Å². The van der Waals surface area contributed by atoms with Crippen LogP contribution >= 0.6 is 0 Å². The van der Waals surface area contributed by atoms with Crippen molar-refractivity contribution >= 4 is 28.6 Å². The van der Waals surface area contributed by atoms with Crippen molar-refractivity contribution in [1.29, 1.82) is 0 Å². The monoisotopic (exact) mass is 525 g/mol. The molecule has 2 heterocycles. The van der Waals surface area contributed by atoms with Gasteiger partial charge in [0.05, 0.1) is 26.7 Å². The van der Waals surface area contributed by atoms with Crippen molar-refractivity contribution in [2.45, 2.75) is 25.2 Å². The molecule has 200 valence electrons. The molecule has 0 saturated carbocycles. The molecule has 3 aromatic carbocycles. The highest BCUT2D eigenvalue weighted by atomic mass is 16.5. The second kappa shape index (κ2) is 11.1. The molecule has 0 spiro atoms. The SMILES string of the molecule is C#CCN(C(=O)NC)N1CC(=O)N2[C@@H](Cc3ccc(OC)cc3)C(=O)N(Cc3cccc4ccccc34)C[C@@H]21. The van der Waals surface area contributed by atoms with E-state index in [1.165, 1.54) is 12.1 Å². The van der Waals surface area contributed by atoms with Gasteiger partial charge in [0, 0.05) is 20.0 Å². The fraction of sp³-hybridized carbons (Fsp3) is 0.300. The Morgan fingerprint density at radius 2 is 1.85 bits per heavy atom. The number of hydrogen-bond acceptors (Lipinski definition) is 5. The van der Waals surface area contributed by atoms with E-state index < -0.39 is 18.2 Å². The van der Waals surface area contributed by atoms with Gasteiger partial charge in [0.15, 0.2) is 0 Å². The zero-order chi connectivity index (χ0) is 27.5. The summed E-state index contributed by atoms with van der Waals surface area (Å²) < 4.78 is 5.28. The van der Waals surface area contributed by atoms with Gasteiger partial charge in [-0.2, -0.15) is 5.01 Å². The molecule has 0 radical (unpaired) electrons. The lowest BCUT2D eigenvalue weighted by molar-refractivity contribution is -0.157. The Balaban J connectivity index is 1.52. The Hall–Kier alpha value is -4.55. The van der Waals surface area contributed by atoms with Crippen LogP contribution in [-0.2, 0) is 22.6 Å². The van der Waals surface area contributed by atoms with Crippen LogP contribution in [-0.4, -0.2) is 83.7 Å². The third-order valence-corrected chi connectivity index (χ3v) is 7.40. The minimum Gasteiger partial charge on any atom is -0.497 e. The van der Waals surface area contributed by atoms with E-state index in [9.17, 15) is 14.4 Å². The second-order valence-electron chi connectivity index (χ2n) is 9.62. The molecule has 2 aliphatic rings. The number of fused-ring (bicyclic) bond motifs is 2. The largest absolute Gasteiger partial charge is 0.497 e. The molecule has 0 aromatic heterocycles. The minimum atomic E-state index is -0.734. The zero-order valence-corrected chi connectivity index (χ0v) is 22.0. The fourth-order valence-corrected chi connectivity index (χ4v) is 5.51. The number of benzene rings is 3. The van der Waals surface area contributed by atoms with E-state index in [-0.39, 0.29) is 31.4 Å². The number of hydrogen-bond donors (Lipinski definition) is 1. The first kappa shape index (κ1) is 26.1. The number of amides is 4. The Morgan fingerprint density at radius 3 is 2.56 bits per heavy atom. The molecule has 2 fully saturated rings. The number of rotatable bonds is 7. The topological polar surface area (TPSA) is 85.4 Å². The maximum atomic E-state index is 14.0. The van der Waals surface area contributed by atoms with E-state index in [0.29, 0.717) is 18.7 Å². The summed E-state index contributed by atoms with van der Waals surface area (Å²) in [5.74, 6) is 2.87. The van der Waals surface area contributed by atoms with Crippen molar-refractivity contribution in [3.63, 3.8) is 0 Å². The molecule has 2 atom stereocenters. The van der Waals surface area contributed by atoms with Gasteiger partial charge in [0.2, 0.25) is 11.8 Å². The number of piperazine rings is 1. The van der Waals surface area contributed by atoms with Crippen molar-refractivity contribution in [3.8, 4) is 18.1 Å². The maximum absolute atomic E-state index is 14.0. The van der Waals surface area contributed by atoms with Gasteiger partial charge in [-0.1, -0.05) is 60.5 Å². The second-order valence-corrected chi connectivity index (χ2v) is 9.62. The minimum absolute atomic E-state index is 0.00227. The van der Waals surface area contributed by atoms with Crippen LogP contribution in [0.3, 0.4) is 0 Å². The van der Waals surface area contributed by atoms with Gasteiger partial charge in [-0.05, 0) is 34.0 Å². The lowest BCUT2D eigenvalue weighted by Crippen LogP contribution is -2.65. The van der Waals surface area contributed by atoms with E-state index in [0.717, 1.165) is 21.9 Å². The Kier molecular flexibility index (Phi) is 7.39. The molecule has 3 aromatic rings. The number of methoxy groups -OCH3 is 1. The van der Waals surface area contributed by atoms with Gasteiger partial charge in [-0.15, -0.1) is 6.42 Å². The molecule has 2 aliphatic heterocycles. The number of hydrazine groups is 1. The highest BCUT2D eigenvalue weighted by Crippen LogP contribution is 2.31. The standard InChI is InChI=1S/C30H31N5O4/c1-4-16-33(30(38)31-2)34-20-28(36)35-26(17-21-12-14-24(39-3)15-13-21)29(37)32(19-27(34)35)18-23-10-7-9-22-8-5-6-11-25(22)23/h1,5-15,26-27H,16-20H2,2-3H3,(H,31,38)/t26-,27+/m0/s1. The third-order valence-electron chi connectivity index (χ3n) is 7.40. The molecule has 2 saturated heterocycles. The molecule has 5 rings (SSSR count). The number of nitrogens with zero attached hydrogens (tertiary/aromatic N) is 4. The van der Waals surface area contributed by atoms with Crippen LogP contribution in [0.15, 0.2) is 66.7 Å². The van der Waals surface area contributed by atoms with Gasteiger partial charge in [0.25, 0.3) is 0 Å². The smallest absolute Gasteiger partial charge is 0.332 e. The van der Waals surface area contributed by atoms with Crippen LogP contribution in [0.1, 0.15) is 11.1 Å². The van der Waals surface area contributed by atoms with Crippen molar-refractivity contribution in [2.24, 2.45) is 0 Å². The van der Waals surface area contributed by atoms with Crippen molar-refractivity contribution < 1.29 is 19.1 Å². The molecule has 9 heteroatoms. The number of ether oxygens (including phenoxy) is 1. The molecule has 39 heavy (non-hydrogen) atoms. The lowest BCUT2D eigenvalue weighted by Gasteiger charge is -2.46. The predicted molar refractivity (Wildman–Crippen MR) is 147 cm³/mol. The summed E-state index contributed by atoms with van der Waals surface area (Å²) in [7, 11) is 3.12. The summed E-state index contributed by atoms with van der Waals surface area (Å²) in [4.78, 5) is 43.6. The molecule has 9 nitrogen and oxygen atoms in total. The van der Waals surface area contributed by atoms with Crippen molar-refractivity contribution in [1.82, 2.24) is 25.1 Å². The van der Waals surface area contributed by atoms with Crippen LogP contribution in [0.2, 0.25) is 0 Å². The van der Waals surface area contributed by atoms with E-state index in [1.807, 2.05) is 66.7 Å². The number of urea groups is 1. The summed E-state index contributed by atoms with van der Waals surface area (Å²) >= 11 is 0. The average molecular weight is 526 g/mol. The molecule has 0 unspecified atom stereocenters. The highest BCUT2D eigenvalue weighted by Gasteiger charge is 2.52. The van der Waals surface area contributed by atoms with Crippen LogP contribution in [0.4, 0.5) is 4.79 Å². The quantitative estimate of drug-likeness (QED) is 0.479. The first-order chi connectivity index (χ1) is 18.9. The number of nitrogens with one attached hydrogen (secondary N) is 1. The Morgan fingerprint density at radius 1 is 1.10 bits per heavy atom. The highest BCUT2D eigenvalue weighted by molar-refractivity contribution is 5.92. The van der Waals surface area contributed by atoms with Crippen molar-refractivity contribution in [3.05, 3.63) is 77.9 Å². The molecule has 1 N–H and O–H groups in total. The van der Waals surface area contributed by atoms with Gasteiger partial charge >= 0.3 is 6.03 Å². The fourth-order valence-electron chi connectivity index (χ4n) is 5.51. The van der Waals surface area contributed by atoms with Crippen LogP contribution in [0.25, 0.3) is 10.8 Å². The third kappa shape index (κ3) is 4.99. The van der Waals surface area contributed by atoms with Crippen molar-refractivity contribution in [2.75, 3.05) is 33.8 Å². The van der Waals surface area contributed by atoms with Crippen LogP contribution in [0.5, 0.6) is 5.75 Å². The first-order valence-corrected chi connectivity index (χ1v) is 12.8. The Labute approximate surface area is 227 Å². The summed E-state index contributed by atoms with van der Waals surface area (Å²) in [5, 5.41) is 7.83. The summed E-state index contributed by atoms with van der Waals surface area (Å²) in [6, 6.07) is 20.5. The molecule has 4 amide bonds. The average Bonchev–Trinajstić information content (AvgIpc) is 3.29. The summed E-state index contributed by atoms with van der Waals surface area (Å²) in [6.45, 7) is 0.567. The summed E-state index contributed by atoms with van der Waals surface area (Å²) in [6.07, 6.45) is 5.37. The summed E-state index contributed by atoms with van der Waals surface area (Å²) in [5.41, 5.74) is 1.92. The number of carbonyl (C=O) groups excluding carboxylic acids is 3. The van der Waals surface area contributed by atoms with Gasteiger partial charge in [-0.3, -0.25) is 9.59 Å². The first-order valence-electron chi connectivity index (χ1n) is 12.8. The number of terminal acetylenes is 1. The van der Waals surface area contributed by atoms with E-state index in [2.05, 4.69) is 11.2 Å². The van der Waals surface area contributed by atoms with Crippen LogP contribution in [0, 0.1) is 12.3 Å². The Bertz CT molecular complexity index is 1430. The molecular formula is C30H31N5O4. The van der Waals surface area contributed by atoms with Gasteiger partial charge < -0.3 is 19.9 Å². The van der Waals surface area contributed by atoms with Gasteiger partial charge in [-0.25, -0.2) is 9.80 Å². The maximum Gasteiger partial charge on any atom is 0.332 e. The molecule has 0 bridgehead atoms. The van der Waals surface area contributed by atoms with Crippen LogP contribution < -0.4 is 10.1 Å². The zero-order valence-electron chi connectivity index (χ0n) is 22.0. The molecule has 0 aliphatic carbocycles. The number of carbonyl (C=O) groups is 3.